The second-order valence-corrected chi connectivity index (χ2v) is 6.42. The average molecular weight is 341 g/mol. The van der Waals surface area contributed by atoms with Gasteiger partial charge in [0.1, 0.15) is 0 Å². The number of benzene rings is 2. The number of anilines is 1. The third-order valence-electron chi connectivity index (χ3n) is 4.32. The van der Waals surface area contributed by atoms with Crippen molar-refractivity contribution in [2.45, 2.75) is 6.92 Å². The van der Waals surface area contributed by atoms with Crippen LogP contribution in [0.2, 0.25) is 5.02 Å². The predicted octanol–water partition coefficient (Wildman–Crippen LogP) is 4.01. The van der Waals surface area contributed by atoms with Crippen LogP contribution in [0.15, 0.2) is 54.6 Å². The van der Waals surface area contributed by atoms with Crippen molar-refractivity contribution in [3.8, 4) is 0 Å². The fourth-order valence-electron chi connectivity index (χ4n) is 2.93. The summed E-state index contributed by atoms with van der Waals surface area (Å²) in [5.74, 6) is 0.0707. The van der Waals surface area contributed by atoms with Crippen molar-refractivity contribution >= 4 is 29.3 Å². The summed E-state index contributed by atoms with van der Waals surface area (Å²) in [6.07, 6.45) is 3.53. The van der Waals surface area contributed by atoms with E-state index in [0.29, 0.717) is 0 Å². The molecule has 1 saturated heterocycles. The van der Waals surface area contributed by atoms with Crippen molar-refractivity contribution in [3.05, 3.63) is 70.8 Å². The highest BCUT2D eigenvalue weighted by molar-refractivity contribution is 6.30. The van der Waals surface area contributed by atoms with Gasteiger partial charge < -0.3 is 9.80 Å². The van der Waals surface area contributed by atoms with Crippen molar-refractivity contribution in [1.82, 2.24) is 4.90 Å². The topological polar surface area (TPSA) is 23.6 Å². The average Bonchev–Trinajstić information content (AvgIpc) is 2.63. The summed E-state index contributed by atoms with van der Waals surface area (Å²) < 4.78 is 0. The zero-order chi connectivity index (χ0) is 16.9. The molecule has 0 aromatic heterocycles. The van der Waals surface area contributed by atoms with Crippen LogP contribution in [-0.4, -0.2) is 37.0 Å². The summed E-state index contributed by atoms with van der Waals surface area (Å²) in [6.45, 7) is 5.19. The molecule has 0 bridgehead atoms. The van der Waals surface area contributed by atoms with E-state index in [1.165, 1.54) is 5.56 Å². The molecular weight excluding hydrogens is 320 g/mol. The van der Waals surface area contributed by atoms with Gasteiger partial charge in [-0.15, -0.1) is 0 Å². The van der Waals surface area contributed by atoms with Gasteiger partial charge in [-0.2, -0.15) is 0 Å². The summed E-state index contributed by atoms with van der Waals surface area (Å²) in [4.78, 5) is 16.5. The first-order valence-corrected chi connectivity index (χ1v) is 8.54. The van der Waals surface area contributed by atoms with E-state index in [1.54, 1.807) is 6.08 Å². The maximum atomic E-state index is 12.3. The zero-order valence-corrected chi connectivity index (χ0v) is 14.5. The Morgan fingerprint density at radius 3 is 2.46 bits per heavy atom. The normalized spacial score (nSPS) is 15.1. The lowest BCUT2D eigenvalue weighted by molar-refractivity contribution is -0.126. The number of hydrogen-bond acceptors (Lipinski definition) is 2. The van der Waals surface area contributed by atoms with Crippen LogP contribution in [0.5, 0.6) is 0 Å². The second kappa shape index (κ2) is 7.54. The third kappa shape index (κ3) is 3.98. The second-order valence-electron chi connectivity index (χ2n) is 5.99. The minimum atomic E-state index is 0.0707. The minimum absolute atomic E-state index is 0.0707. The van der Waals surface area contributed by atoms with Gasteiger partial charge in [0.2, 0.25) is 5.91 Å². The molecule has 0 unspecified atom stereocenters. The van der Waals surface area contributed by atoms with Gasteiger partial charge >= 0.3 is 0 Å². The van der Waals surface area contributed by atoms with E-state index < -0.39 is 0 Å². The molecule has 4 heteroatoms. The van der Waals surface area contributed by atoms with Crippen molar-refractivity contribution < 1.29 is 4.79 Å². The van der Waals surface area contributed by atoms with E-state index in [-0.39, 0.29) is 5.91 Å². The van der Waals surface area contributed by atoms with Gasteiger partial charge in [0.25, 0.3) is 0 Å². The van der Waals surface area contributed by atoms with Crippen LogP contribution >= 0.6 is 11.6 Å². The van der Waals surface area contributed by atoms with Gasteiger partial charge in [0.05, 0.1) is 0 Å². The molecule has 0 atom stereocenters. The predicted molar refractivity (Wildman–Crippen MR) is 100 cm³/mol. The first-order chi connectivity index (χ1) is 11.6. The SMILES string of the molecule is Cc1ccc(Cl)cc1N1CCN(C(=O)C=Cc2ccccc2)CC1. The van der Waals surface area contributed by atoms with Gasteiger partial charge in [0, 0.05) is 43.0 Å². The van der Waals surface area contributed by atoms with Gasteiger partial charge in [-0.3, -0.25) is 4.79 Å². The fraction of sp³-hybridized carbons (Fsp3) is 0.250. The number of nitrogens with zero attached hydrogens (tertiary/aromatic N) is 2. The number of carbonyl (C=O) groups excluding carboxylic acids is 1. The molecule has 2 aromatic rings. The summed E-state index contributed by atoms with van der Waals surface area (Å²) in [5, 5.41) is 0.750. The van der Waals surface area contributed by atoms with Gasteiger partial charge in [0.15, 0.2) is 0 Å². The number of hydrogen-bond donors (Lipinski definition) is 0. The van der Waals surface area contributed by atoms with Crippen molar-refractivity contribution in [1.29, 1.82) is 0 Å². The molecule has 1 aliphatic rings. The monoisotopic (exact) mass is 340 g/mol. The Bertz CT molecular complexity index is 735. The molecule has 1 amide bonds. The molecule has 1 heterocycles. The molecule has 0 saturated carbocycles. The Labute approximate surface area is 148 Å². The number of amides is 1. The number of piperazine rings is 1. The van der Waals surface area contributed by atoms with Crippen LogP contribution in [0, 0.1) is 6.92 Å². The van der Waals surface area contributed by atoms with E-state index in [9.17, 15) is 4.79 Å². The van der Waals surface area contributed by atoms with Crippen LogP contribution in [-0.2, 0) is 4.79 Å². The standard InChI is InChI=1S/C20H21ClN2O/c1-16-7-9-18(21)15-19(16)22-11-13-23(14-12-22)20(24)10-8-17-5-3-2-4-6-17/h2-10,15H,11-14H2,1H3. The summed E-state index contributed by atoms with van der Waals surface area (Å²) in [7, 11) is 0. The fourth-order valence-corrected chi connectivity index (χ4v) is 3.09. The van der Waals surface area contributed by atoms with Crippen LogP contribution < -0.4 is 4.90 Å². The Morgan fingerprint density at radius 1 is 1.04 bits per heavy atom. The lowest BCUT2D eigenvalue weighted by Gasteiger charge is -2.36. The van der Waals surface area contributed by atoms with Crippen LogP contribution in [0.1, 0.15) is 11.1 Å². The molecule has 0 N–H and O–H groups in total. The number of halogens is 1. The summed E-state index contributed by atoms with van der Waals surface area (Å²) in [5.41, 5.74) is 3.41. The van der Waals surface area contributed by atoms with Crippen molar-refractivity contribution in [2.75, 3.05) is 31.1 Å². The smallest absolute Gasteiger partial charge is 0.246 e. The Morgan fingerprint density at radius 2 is 1.75 bits per heavy atom. The molecule has 124 valence electrons. The molecule has 0 radical (unpaired) electrons. The van der Waals surface area contributed by atoms with Crippen molar-refractivity contribution in [3.63, 3.8) is 0 Å². The minimum Gasteiger partial charge on any atom is -0.368 e. The van der Waals surface area contributed by atoms with Gasteiger partial charge in [-0.05, 0) is 36.3 Å². The summed E-state index contributed by atoms with van der Waals surface area (Å²) in [6, 6.07) is 15.8. The van der Waals surface area contributed by atoms with Crippen molar-refractivity contribution in [2.24, 2.45) is 0 Å². The molecule has 0 aliphatic carbocycles. The Balaban J connectivity index is 1.59. The number of aryl methyl sites for hydroxylation is 1. The lowest BCUT2D eigenvalue weighted by atomic mass is 10.1. The highest BCUT2D eigenvalue weighted by Crippen LogP contribution is 2.25. The van der Waals surface area contributed by atoms with Crippen LogP contribution in [0.4, 0.5) is 5.69 Å². The first-order valence-electron chi connectivity index (χ1n) is 8.16. The highest BCUT2D eigenvalue weighted by atomic mass is 35.5. The van der Waals surface area contributed by atoms with E-state index in [2.05, 4.69) is 11.8 Å². The van der Waals surface area contributed by atoms with E-state index in [4.69, 9.17) is 11.6 Å². The molecule has 1 fully saturated rings. The third-order valence-corrected chi connectivity index (χ3v) is 4.56. The maximum Gasteiger partial charge on any atom is 0.246 e. The van der Waals surface area contributed by atoms with E-state index in [0.717, 1.165) is 42.5 Å². The van der Waals surface area contributed by atoms with Crippen LogP contribution in [0.25, 0.3) is 6.08 Å². The van der Waals surface area contributed by atoms with Crippen LogP contribution in [0.3, 0.4) is 0 Å². The van der Waals surface area contributed by atoms with Gasteiger partial charge in [-0.1, -0.05) is 48.0 Å². The summed E-state index contributed by atoms with van der Waals surface area (Å²) >= 11 is 6.11. The lowest BCUT2D eigenvalue weighted by Crippen LogP contribution is -2.48. The number of carbonyl (C=O) groups is 1. The molecule has 3 nitrogen and oxygen atoms in total. The van der Waals surface area contributed by atoms with E-state index >= 15 is 0 Å². The molecule has 0 spiro atoms. The quantitative estimate of drug-likeness (QED) is 0.788. The zero-order valence-electron chi connectivity index (χ0n) is 13.8. The Hall–Kier alpha value is -2.26. The molecular formula is C20H21ClN2O. The molecule has 2 aromatic carbocycles. The first kappa shape index (κ1) is 16.6. The number of rotatable bonds is 3. The molecule has 1 aliphatic heterocycles. The highest BCUT2D eigenvalue weighted by Gasteiger charge is 2.20. The molecule has 24 heavy (non-hydrogen) atoms. The Kier molecular flexibility index (Phi) is 5.21. The van der Waals surface area contributed by atoms with Gasteiger partial charge in [-0.25, -0.2) is 0 Å². The largest absolute Gasteiger partial charge is 0.368 e. The van der Waals surface area contributed by atoms with E-state index in [1.807, 2.05) is 59.5 Å². The maximum absolute atomic E-state index is 12.3. The molecule has 3 rings (SSSR count).